The quantitative estimate of drug-likeness (QED) is 0.113. The molecule has 8 unspecified atom stereocenters. The summed E-state index contributed by atoms with van der Waals surface area (Å²) in [4.78, 5) is 12.8. The van der Waals surface area contributed by atoms with Gasteiger partial charge in [0.15, 0.2) is 0 Å². The van der Waals surface area contributed by atoms with E-state index >= 15 is 0 Å². The van der Waals surface area contributed by atoms with Crippen molar-refractivity contribution in [1.29, 1.82) is 0 Å². The van der Waals surface area contributed by atoms with Crippen LogP contribution in [0.25, 0.3) is 58.4 Å². The van der Waals surface area contributed by atoms with Gasteiger partial charge in [0.25, 0.3) is 0 Å². The van der Waals surface area contributed by atoms with Crippen LogP contribution < -0.4 is 24.5 Å². The molecule has 0 aromatic heterocycles. The van der Waals surface area contributed by atoms with Gasteiger partial charge in [-0.15, -0.1) is 0 Å². The van der Waals surface area contributed by atoms with Crippen molar-refractivity contribution in [2.45, 2.75) is 167 Å². The fourth-order valence-electron chi connectivity index (χ4n) is 24.0. The van der Waals surface area contributed by atoms with Crippen LogP contribution in [0.5, 0.6) is 0 Å². The fourth-order valence-corrected chi connectivity index (χ4v) is 24.0. The molecule has 0 bridgehead atoms. The molecule has 5 aliphatic heterocycles. The summed E-state index contributed by atoms with van der Waals surface area (Å²) in [5.41, 5.74) is 50.2. The minimum atomic E-state index is -0.826. The Bertz CT molecular complexity index is 6710. The van der Waals surface area contributed by atoms with Crippen molar-refractivity contribution >= 4 is 155 Å². The number of allylic oxidation sites excluding steroid dienone is 6. The van der Waals surface area contributed by atoms with Gasteiger partial charge in [-0.05, 0) is 269 Å². The topological polar surface area (TPSA) is 16.2 Å². The average Bonchev–Trinajstić information content (AvgIpc) is 1.54. The van der Waals surface area contributed by atoms with E-state index in [0.29, 0.717) is 47.6 Å². The molecule has 698 valence electrons. The van der Waals surface area contributed by atoms with Gasteiger partial charge < -0.3 is 69.1 Å². The van der Waals surface area contributed by atoms with Gasteiger partial charge in [0.05, 0.1) is 0 Å². The third kappa shape index (κ3) is 20.7. The van der Waals surface area contributed by atoms with Crippen LogP contribution in [0.4, 0.5) is 56.9 Å². The van der Waals surface area contributed by atoms with E-state index in [1.807, 2.05) is 0 Å². The van der Waals surface area contributed by atoms with Crippen molar-refractivity contribution in [2.24, 2.45) is 0 Å². The summed E-state index contributed by atoms with van der Waals surface area (Å²) < 4.78 is 0. The van der Waals surface area contributed by atoms with Gasteiger partial charge in [-0.25, -0.2) is 0 Å². The summed E-state index contributed by atoms with van der Waals surface area (Å²) in [7, 11) is 29.6. The van der Waals surface area contributed by atoms with Crippen LogP contribution in [0.3, 0.4) is 0 Å². The van der Waals surface area contributed by atoms with Crippen molar-refractivity contribution in [3.8, 4) is 11.1 Å². The van der Waals surface area contributed by atoms with Crippen LogP contribution >= 0.6 is 51.1 Å². The first-order valence-corrected chi connectivity index (χ1v) is 65.6. The van der Waals surface area contributed by atoms with Crippen molar-refractivity contribution in [2.75, 3.05) is 44.1 Å². The molecule has 0 N–H and O–H groups in total. The van der Waals surface area contributed by atoms with E-state index in [4.69, 9.17) is 51.1 Å². The Hall–Kier alpha value is -8.05. The van der Waals surface area contributed by atoms with Gasteiger partial charge in [0, 0.05) is 152 Å². The zero-order valence-corrected chi connectivity index (χ0v) is 93.7. The molecule has 5 nitrogen and oxygen atoms in total. The zero-order chi connectivity index (χ0) is 90.2. The van der Waals surface area contributed by atoms with Gasteiger partial charge in [0.1, 0.15) is 0 Å². The third-order valence-electron chi connectivity index (χ3n) is 30.0. The van der Waals surface area contributed by atoms with Gasteiger partial charge >= 0.3 is 114 Å². The van der Waals surface area contributed by atoms with Gasteiger partial charge in [0.2, 0.25) is 0 Å². The van der Waals surface area contributed by atoms with E-state index in [-0.39, 0.29) is 44.6 Å². The number of halogens is 6. The van der Waals surface area contributed by atoms with Crippen LogP contribution in [-0.2, 0) is 94.6 Å². The molecule has 8 atom stereocenters. The van der Waals surface area contributed by atoms with Crippen molar-refractivity contribution in [3.05, 3.63) is 446 Å². The molecule has 0 radical (unpaired) electrons. The molecule has 137 heavy (non-hydrogen) atoms. The number of benzene rings is 13. The number of hydrogen-bond donors (Lipinski definition) is 0. The summed E-state index contributed by atoms with van der Waals surface area (Å²) in [6.07, 6.45) is 26.3. The van der Waals surface area contributed by atoms with Crippen LogP contribution in [0.1, 0.15) is 218 Å². The number of hydrogen-bond acceptors (Lipinski definition) is 5. The van der Waals surface area contributed by atoms with E-state index in [2.05, 4.69) is 389 Å². The average molecular weight is 2160 g/mol. The predicted octanol–water partition coefficient (Wildman–Crippen LogP) is 37.0. The van der Waals surface area contributed by atoms with Crippen LogP contribution in [0.2, 0.25) is 0 Å². The first kappa shape index (κ1) is 106. The SMILES string of the molecule is CC1=Cc2c(-c3cccc4ccccc34)cccc2C1CC1C(C)=Cc2c1cccc2N1c2ccccc2CCC1C.CC1=Cc2c(cccc2N2CCCc3ccccc32)C1CC1C(C)=Cc2c1cccc2N1CCc2ccccc21.CC1=Cc2c(cccc2N2CCc3ccccc32)C1CC1C(C)=Cc2c1cccc2N1c2ccccc2CC1C.[CH3-].[CH3-].[CH3-].[CH3-].[CH3-].[CH3-].[Cl][Zr+2][Cl].[Cl][Zr+2][Cl].[Cl][Zr+2][Cl]. The molecule has 0 saturated heterocycles. The molecule has 13 aromatic carbocycles. The normalized spacial score (nSPS) is 19.0. The third-order valence-corrected chi connectivity index (χ3v) is 30.0. The van der Waals surface area contributed by atoms with Gasteiger partial charge in [-0.2, -0.15) is 0 Å². The maximum atomic E-state index is 4.93. The number of para-hydroxylation sites is 5. The standard InChI is InChI=1S/C41H37N.2C38H36N2.6CH3.6ClH.3Zr/c1-26-23-38-33(32-15-8-13-29-11-4-6-14-31(29)32)16-9-17-34(38)36(26)25-37-27(2)24-39-35(37)18-10-20-41(39)42-28(3)21-22-30-12-5-7-19-40(30)42;1-24-20-33-29(12-8-16-37(33)39-19-18-27-10-4-6-14-35(27)39)31(24)23-32-25(2)21-34-30(32)13-9-17-38(34)40-26(3)22-28-11-5-7-15-36(28)40;1-25-22-33-29(13-7-17-37(33)39-20-9-12-27-10-3-5-15-35(27)39)31(25)24-32-26(2)23-34-30(32)14-8-18-38(34)40-21-19-28-11-4-6-16-36(28)40;;;;;;;;;;;;;;;/h4-20,23-24,28,36-37H,21-22,25H2,1-3H3;4-17,20-21,26,31-32H,18-19,22-23H2,1-3H3;3-8,10-11,13-18,22-23,31-32H,9,12,19-21,24H2,1-2H3;6*1H3;6*1H;;;/q;;;6*-1;;;;;;;3*+4/p-6. The van der Waals surface area contributed by atoms with Gasteiger partial charge in [-0.1, -0.05) is 282 Å². The zero-order valence-electron chi connectivity index (χ0n) is 81.8. The molecule has 14 heteroatoms. The first-order valence-electron chi connectivity index (χ1n) is 46.6. The van der Waals surface area contributed by atoms with E-state index in [0.717, 1.165) is 64.6 Å². The molecular weight excluding hydrogens is 2030 g/mol. The summed E-state index contributed by atoms with van der Waals surface area (Å²) >= 11 is -2.48. The second-order valence-electron chi connectivity index (χ2n) is 37.2. The first-order chi connectivity index (χ1) is 64.1. The molecule has 13 aromatic rings. The monoisotopic (exact) mass is 2150 g/mol. The molecule has 0 fully saturated rings. The number of nitrogens with zero attached hydrogens (tertiary/aromatic N) is 5. The Morgan fingerprint density at radius 1 is 0.255 bits per heavy atom. The Labute approximate surface area is 876 Å². The second-order valence-corrected chi connectivity index (χ2v) is 48.4. The second kappa shape index (κ2) is 47.2. The Balaban J connectivity index is 0.000000163. The minimum absolute atomic E-state index is 0. The van der Waals surface area contributed by atoms with Gasteiger partial charge in [-0.3, -0.25) is 0 Å². The fraction of sp³-hybridized carbons (Fsp3) is 0.236. The van der Waals surface area contributed by atoms with E-state index < -0.39 is 62.5 Å². The van der Waals surface area contributed by atoms with Crippen LogP contribution in [-0.4, -0.2) is 31.7 Å². The van der Waals surface area contributed by atoms with E-state index in [1.54, 1.807) is 0 Å². The molecule has 0 amide bonds. The number of aryl methyl sites for hydroxylation is 2. The van der Waals surface area contributed by atoms with E-state index in [1.165, 1.54) is 226 Å². The van der Waals surface area contributed by atoms with E-state index in [9.17, 15) is 0 Å². The Kier molecular flexibility index (Phi) is 36.6. The van der Waals surface area contributed by atoms with Crippen molar-refractivity contribution in [1.82, 2.24) is 0 Å². The number of fused-ring (bicyclic) bond motifs is 12. The molecule has 6 aliphatic carbocycles. The summed E-state index contributed by atoms with van der Waals surface area (Å²) in [5, 5.41) is 2.63. The molecule has 5 heterocycles. The van der Waals surface area contributed by atoms with Crippen molar-refractivity contribution in [3.63, 3.8) is 0 Å². The summed E-state index contributed by atoms with van der Waals surface area (Å²) in [6, 6.07) is 103. The number of rotatable bonds is 12. The Morgan fingerprint density at radius 2 is 0.526 bits per heavy atom. The molecule has 11 aliphatic rings. The maximum absolute atomic E-state index is 4.93. The molecule has 0 saturated carbocycles. The molecule has 0 spiro atoms. The Morgan fingerprint density at radius 3 is 0.934 bits per heavy atom. The molecular formula is C123H127Cl6N5Zr3. The van der Waals surface area contributed by atoms with Crippen molar-refractivity contribution < 1.29 is 62.5 Å². The predicted molar refractivity (Wildman–Crippen MR) is 592 cm³/mol. The molecule has 24 rings (SSSR count). The number of anilines is 10. The summed E-state index contributed by atoms with van der Waals surface area (Å²) in [6.45, 7) is 22.1. The van der Waals surface area contributed by atoms with Crippen LogP contribution in [0.15, 0.2) is 306 Å². The summed E-state index contributed by atoms with van der Waals surface area (Å²) in [5.74, 6) is 2.64. The van der Waals surface area contributed by atoms with Crippen LogP contribution in [0, 0.1) is 44.6 Å².